The number of thioether (sulfide) groups is 1. The SMILES string of the molecule is CSCC[C@H](NC(=O)[C@H](Cc1c[nH]c2ccccc12)NC(=O)[C@H](Cc1ccc(O)cc1)NC(=O)[C@H](CO)NC(=O)[C@H](CCCN=C(N)N)NC(=O)[C@H](Cc1ccccc1)NC(=O)[C@@H](NC(=O)[C@H](Cc1ccccc1)NC(=O)CN)[C@@H](C)O)C(=O)N[C@@H](CO)C(=O)O. The number of aliphatic carboxylic acids is 1. The largest absolute Gasteiger partial charge is 0.508 e. The molecule has 91 heavy (non-hydrogen) atoms. The smallest absolute Gasteiger partial charge is 0.328 e. The first-order valence-corrected chi connectivity index (χ1v) is 30.4. The van der Waals surface area contributed by atoms with Gasteiger partial charge in [-0.05, 0) is 78.6 Å². The number of guanidine groups is 1. The van der Waals surface area contributed by atoms with E-state index < -0.39 is 139 Å². The molecule has 0 fully saturated rings. The van der Waals surface area contributed by atoms with Gasteiger partial charge in [-0.1, -0.05) is 91.0 Å². The lowest BCUT2D eigenvalue weighted by molar-refractivity contribution is -0.143. The number of nitrogens with zero attached hydrogens (tertiary/aromatic N) is 1. The molecule has 0 aliphatic rings. The van der Waals surface area contributed by atoms with Crippen molar-refractivity contribution in [3.05, 3.63) is 138 Å². The Labute approximate surface area is 528 Å². The van der Waals surface area contributed by atoms with Crippen LogP contribution >= 0.6 is 11.8 Å². The Kier molecular flexibility index (Phi) is 29.1. The van der Waals surface area contributed by atoms with Gasteiger partial charge in [0.15, 0.2) is 5.96 Å². The number of aliphatic imine (C=N–C) groups is 1. The zero-order chi connectivity index (χ0) is 66.6. The monoisotopic (exact) mass is 1280 g/mol. The predicted octanol–water partition coefficient (Wildman–Crippen LogP) is -3.28. The van der Waals surface area contributed by atoms with E-state index in [1.165, 1.54) is 43.0 Å². The molecule has 0 aliphatic heterocycles. The lowest BCUT2D eigenvalue weighted by Gasteiger charge is -2.28. The van der Waals surface area contributed by atoms with Gasteiger partial charge in [-0.3, -0.25) is 48.1 Å². The second kappa shape index (κ2) is 36.8. The fourth-order valence-corrected chi connectivity index (χ4v) is 9.86. The molecule has 4 aromatic carbocycles. The second-order valence-corrected chi connectivity index (χ2v) is 22.2. The maximum absolute atomic E-state index is 14.8. The van der Waals surface area contributed by atoms with Gasteiger partial charge in [0, 0.05) is 49.3 Å². The van der Waals surface area contributed by atoms with E-state index in [9.17, 15) is 73.5 Å². The minimum absolute atomic E-state index is 0.00810. The number of carbonyl (C=O) groups excluding carboxylic acids is 9. The summed E-state index contributed by atoms with van der Waals surface area (Å²) >= 11 is 1.32. The van der Waals surface area contributed by atoms with E-state index in [-0.39, 0.29) is 63.2 Å². The van der Waals surface area contributed by atoms with Gasteiger partial charge >= 0.3 is 5.97 Å². The van der Waals surface area contributed by atoms with Gasteiger partial charge in [-0.2, -0.15) is 11.8 Å². The number of phenolic OH excluding ortho intramolecular Hbond substituents is 1. The van der Waals surface area contributed by atoms with Crippen LogP contribution in [-0.4, -0.2) is 194 Å². The molecule has 0 saturated carbocycles. The molecule has 0 saturated heterocycles. The summed E-state index contributed by atoms with van der Waals surface area (Å²) in [6.07, 6.45) is 0.788. The summed E-state index contributed by atoms with van der Waals surface area (Å²) in [6, 6.07) is 15.4. The number of carboxylic acid groups (broad SMARTS) is 1. The predicted molar refractivity (Wildman–Crippen MR) is 337 cm³/mol. The van der Waals surface area contributed by atoms with E-state index in [4.69, 9.17) is 17.2 Å². The van der Waals surface area contributed by atoms with Gasteiger partial charge in [-0.15, -0.1) is 0 Å². The minimum atomic E-state index is -1.86. The number of fused-ring (bicyclic) bond motifs is 1. The highest BCUT2D eigenvalue weighted by Gasteiger charge is 2.37. The quantitative estimate of drug-likeness (QED) is 0.0105. The van der Waals surface area contributed by atoms with Crippen LogP contribution in [0.5, 0.6) is 5.75 Å². The molecule has 0 spiro atoms. The molecule has 1 aromatic heterocycles. The number of para-hydroxylation sites is 1. The Morgan fingerprint density at radius 1 is 0.527 bits per heavy atom. The highest BCUT2D eigenvalue weighted by atomic mass is 32.2. The van der Waals surface area contributed by atoms with Crippen LogP contribution in [0.15, 0.2) is 120 Å². The van der Waals surface area contributed by atoms with Gasteiger partial charge in [0.2, 0.25) is 53.2 Å². The van der Waals surface area contributed by atoms with Crippen LogP contribution in [0, 0.1) is 0 Å². The highest BCUT2D eigenvalue weighted by molar-refractivity contribution is 7.98. The second-order valence-electron chi connectivity index (χ2n) is 21.2. The van der Waals surface area contributed by atoms with Crippen molar-refractivity contribution in [3.63, 3.8) is 0 Å². The van der Waals surface area contributed by atoms with Crippen molar-refractivity contribution in [2.45, 2.75) is 112 Å². The van der Waals surface area contributed by atoms with Crippen molar-refractivity contribution < 1.29 is 73.5 Å². The lowest BCUT2D eigenvalue weighted by atomic mass is 10.0. The van der Waals surface area contributed by atoms with E-state index in [0.29, 0.717) is 38.9 Å². The molecule has 1 heterocycles. The number of carboxylic acids is 1. The summed E-state index contributed by atoms with van der Waals surface area (Å²) < 4.78 is 0. The lowest BCUT2D eigenvalue weighted by Crippen LogP contribution is -2.62. The number of nitrogens with two attached hydrogens (primary N) is 3. The number of aromatic nitrogens is 1. The van der Waals surface area contributed by atoms with Crippen molar-refractivity contribution in [1.82, 2.24) is 52.8 Å². The van der Waals surface area contributed by atoms with Crippen LogP contribution in [0.25, 0.3) is 10.9 Å². The van der Waals surface area contributed by atoms with Crippen molar-refractivity contribution in [2.24, 2.45) is 22.2 Å². The van der Waals surface area contributed by atoms with Crippen LogP contribution in [0.1, 0.15) is 48.4 Å². The molecule has 0 unspecified atom stereocenters. The first-order chi connectivity index (χ1) is 43.5. The van der Waals surface area contributed by atoms with Gasteiger partial charge in [0.1, 0.15) is 60.1 Å². The molecule has 9 amide bonds. The Morgan fingerprint density at radius 3 is 1.46 bits per heavy atom. The summed E-state index contributed by atoms with van der Waals surface area (Å²) in [7, 11) is 0. The van der Waals surface area contributed by atoms with E-state index in [1.807, 2.05) is 0 Å². The number of amides is 9. The number of phenols is 1. The maximum Gasteiger partial charge on any atom is 0.328 e. The number of aromatic amines is 1. The summed E-state index contributed by atoms with van der Waals surface area (Å²) in [5, 5.41) is 74.3. The molecular weight excluding hydrogens is 1200 g/mol. The van der Waals surface area contributed by atoms with Crippen LogP contribution < -0.4 is 65.1 Å². The molecular formula is C61H80N14O15S. The Morgan fingerprint density at radius 2 is 0.956 bits per heavy atom. The van der Waals surface area contributed by atoms with E-state index in [2.05, 4.69) is 57.8 Å². The van der Waals surface area contributed by atoms with Crippen LogP contribution in [-0.2, 0) is 73.6 Å². The molecule has 5 aromatic rings. The van der Waals surface area contributed by atoms with Crippen molar-refractivity contribution in [1.29, 1.82) is 0 Å². The molecule has 10 atom stereocenters. The third kappa shape index (κ3) is 23.4. The molecule has 5 rings (SSSR count). The van der Waals surface area contributed by atoms with Crippen LogP contribution in [0.2, 0.25) is 0 Å². The highest BCUT2D eigenvalue weighted by Crippen LogP contribution is 2.20. The number of aliphatic hydroxyl groups is 3. The average Bonchev–Trinajstić information content (AvgIpc) is 1.87. The number of H-pyrrole nitrogens is 1. The first-order valence-electron chi connectivity index (χ1n) is 29.0. The van der Waals surface area contributed by atoms with Gasteiger partial charge in [-0.25, -0.2) is 4.79 Å². The van der Waals surface area contributed by atoms with E-state index in [1.54, 1.807) is 97.4 Å². The molecule has 29 nitrogen and oxygen atoms in total. The Balaban J connectivity index is 1.43. The molecule has 490 valence electrons. The zero-order valence-corrected chi connectivity index (χ0v) is 51.0. The number of carbonyl (C=O) groups is 10. The third-order valence-corrected chi connectivity index (χ3v) is 14.9. The summed E-state index contributed by atoms with van der Waals surface area (Å²) in [5.74, 6) is -10.2. The number of hydrogen-bond acceptors (Lipinski definition) is 17. The first kappa shape index (κ1) is 72.1. The number of benzene rings is 4. The number of nitrogens with one attached hydrogen (secondary N) is 10. The summed E-state index contributed by atoms with van der Waals surface area (Å²) in [6.45, 7) is -1.35. The number of hydrogen-bond donors (Lipinski definition) is 18. The topological polar surface area (TPSA) is 486 Å². The van der Waals surface area contributed by atoms with Gasteiger partial charge in [0.25, 0.3) is 0 Å². The number of aliphatic hydroxyl groups excluding tert-OH is 3. The van der Waals surface area contributed by atoms with Crippen molar-refractivity contribution in [3.8, 4) is 5.75 Å². The molecule has 0 bridgehead atoms. The Bertz CT molecular complexity index is 3280. The van der Waals surface area contributed by atoms with Crippen molar-refractivity contribution >= 4 is 87.8 Å². The molecule has 0 aliphatic carbocycles. The summed E-state index contributed by atoms with van der Waals surface area (Å²) in [4.78, 5) is 146. The fraction of sp³-hybridized carbons (Fsp3) is 0.393. The molecule has 30 heteroatoms. The van der Waals surface area contributed by atoms with Crippen LogP contribution in [0.3, 0.4) is 0 Å². The van der Waals surface area contributed by atoms with Crippen molar-refractivity contribution in [2.75, 3.05) is 38.3 Å². The standard InChI is InChI=1S/C61H80N14O15S/c1-34(78)51(75-57(86)44(67-50(80)30-62)26-35-12-5-3-6-13-35)59(88)72-46(27-36-14-7-4-8-15-36)54(83)68-42(18-11-24-65-61(63)64)52(81)73-48(32-76)58(87)70-45(28-37-19-21-39(79)22-20-37)55(84)71-47(29-38-31-66-41-17-10-9-16-40(38)41)56(85)69-43(23-25-91-2)53(82)74-49(33-77)60(89)90/h3-10,12-17,19-22,31,34,42-49,51,66,76-79H,11,18,23-30,32-33,62H2,1-2H3,(H,67,80)(H,68,83)(H,69,85)(H,70,87)(H,71,84)(H,72,88)(H,73,81)(H,74,82)(H,75,86)(H,89,90)(H4,63,64,65)/t34-,42+,43+,44+,45+,46+,47+,48+,49+,51+/m1/s1. The van der Waals surface area contributed by atoms with Crippen LogP contribution in [0.4, 0.5) is 0 Å². The average molecular weight is 1280 g/mol. The van der Waals surface area contributed by atoms with E-state index >= 15 is 0 Å². The number of rotatable bonds is 37. The van der Waals surface area contributed by atoms with Gasteiger partial charge in [0.05, 0.1) is 25.9 Å². The fourth-order valence-electron chi connectivity index (χ4n) is 9.39. The maximum atomic E-state index is 14.8. The summed E-state index contributed by atoms with van der Waals surface area (Å²) in [5.41, 5.74) is 19.4. The molecule has 21 N–H and O–H groups in total. The van der Waals surface area contributed by atoms with Gasteiger partial charge < -0.3 is 95.6 Å². The third-order valence-electron chi connectivity index (χ3n) is 14.3. The minimum Gasteiger partial charge on any atom is -0.508 e. The number of aromatic hydroxyl groups is 1. The zero-order valence-electron chi connectivity index (χ0n) is 50.1. The normalized spacial score (nSPS) is 14.4. The molecule has 0 radical (unpaired) electrons. The van der Waals surface area contributed by atoms with E-state index in [0.717, 1.165) is 0 Å². The Hall–Kier alpha value is -9.62.